The van der Waals surface area contributed by atoms with E-state index < -0.39 is 4.92 Å². The van der Waals surface area contributed by atoms with E-state index in [2.05, 4.69) is 35.6 Å². The van der Waals surface area contributed by atoms with Gasteiger partial charge in [-0.25, -0.2) is 9.67 Å². The van der Waals surface area contributed by atoms with Gasteiger partial charge < -0.3 is 5.32 Å². The second-order valence-electron chi connectivity index (χ2n) is 9.09. The Morgan fingerprint density at radius 1 is 0.923 bits per heavy atom. The highest BCUT2D eigenvalue weighted by molar-refractivity contribution is 7.99. The summed E-state index contributed by atoms with van der Waals surface area (Å²) >= 11 is 3.22. The molecule has 0 atom stereocenters. The van der Waals surface area contributed by atoms with Crippen LogP contribution in [0.3, 0.4) is 0 Å². The van der Waals surface area contributed by atoms with Gasteiger partial charge in [-0.1, -0.05) is 42.1 Å². The number of nitro benzene ring substituents is 1. The Balaban J connectivity index is 1.44. The number of nitrogens with one attached hydrogen (secondary N) is 1. The predicted molar refractivity (Wildman–Crippen MR) is 159 cm³/mol. The third-order valence-electron chi connectivity index (χ3n) is 6.31. The molecule has 39 heavy (non-hydrogen) atoms. The average molecular weight is 550 g/mol. The maximum absolute atomic E-state index is 11.2. The largest absolute Gasteiger partial charge is 0.354 e. The maximum Gasteiger partial charge on any atom is 0.269 e. The van der Waals surface area contributed by atoms with Crippen molar-refractivity contribution in [3.05, 3.63) is 122 Å². The number of hydrogen-bond donors (Lipinski definition) is 1. The van der Waals surface area contributed by atoms with Gasteiger partial charge in [0.05, 0.1) is 33.4 Å². The number of para-hydroxylation sites is 1. The van der Waals surface area contributed by atoms with Crippen LogP contribution in [-0.2, 0) is 0 Å². The summed E-state index contributed by atoms with van der Waals surface area (Å²) in [5.74, 6) is 0. The molecule has 7 nitrogen and oxygen atoms in total. The number of hydrogen-bond acceptors (Lipinski definition) is 7. The van der Waals surface area contributed by atoms with Crippen LogP contribution < -0.4 is 10.1 Å². The van der Waals surface area contributed by atoms with Crippen molar-refractivity contribution in [3.8, 4) is 11.3 Å². The Labute approximate surface area is 233 Å². The van der Waals surface area contributed by atoms with Crippen LogP contribution in [0.4, 0.5) is 22.7 Å². The molecule has 9 heteroatoms. The van der Waals surface area contributed by atoms with E-state index in [0.717, 1.165) is 50.1 Å². The summed E-state index contributed by atoms with van der Waals surface area (Å²) in [6.07, 6.45) is 0. The van der Waals surface area contributed by atoms with E-state index in [4.69, 9.17) is 10.1 Å². The fourth-order valence-electron chi connectivity index (χ4n) is 4.31. The molecule has 0 saturated heterocycles. The number of thiazole rings is 1. The van der Waals surface area contributed by atoms with Crippen molar-refractivity contribution < 1.29 is 4.92 Å². The van der Waals surface area contributed by atoms with Crippen molar-refractivity contribution in [3.63, 3.8) is 0 Å². The van der Waals surface area contributed by atoms with Crippen LogP contribution in [0.2, 0.25) is 0 Å². The monoisotopic (exact) mass is 549 g/mol. The molecule has 192 valence electrons. The van der Waals surface area contributed by atoms with Crippen LogP contribution in [0.1, 0.15) is 18.1 Å². The first-order valence-electron chi connectivity index (χ1n) is 12.3. The third-order valence-corrected chi connectivity index (χ3v) is 8.28. The second-order valence-corrected chi connectivity index (χ2v) is 11.0. The van der Waals surface area contributed by atoms with Crippen molar-refractivity contribution in [2.24, 2.45) is 10.1 Å². The van der Waals surface area contributed by atoms with Crippen LogP contribution in [0.5, 0.6) is 0 Å². The first-order chi connectivity index (χ1) is 18.9. The zero-order chi connectivity index (χ0) is 26.9. The smallest absolute Gasteiger partial charge is 0.269 e. The molecule has 0 bridgehead atoms. The predicted octanol–water partition coefficient (Wildman–Crippen LogP) is 8.15. The quantitative estimate of drug-likeness (QED) is 0.134. The number of fused-ring (bicyclic) bond motifs is 2. The summed E-state index contributed by atoms with van der Waals surface area (Å²) < 4.78 is 1.82. The molecule has 1 N–H and O–H groups in total. The third kappa shape index (κ3) is 5.14. The Kier molecular flexibility index (Phi) is 6.60. The molecule has 0 radical (unpaired) electrons. The van der Waals surface area contributed by atoms with Gasteiger partial charge in [-0.15, -0.1) is 11.3 Å². The van der Waals surface area contributed by atoms with Gasteiger partial charge in [0.15, 0.2) is 0 Å². The molecule has 5 aromatic rings. The van der Waals surface area contributed by atoms with Crippen LogP contribution in [-0.4, -0.2) is 15.3 Å². The molecule has 0 spiro atoms. The molecule has 0 saturated carbocycles. The first-order valence-corrected chi connectivity index (χ1v) is 13.9. The normalized spacial score (nSPS) is 13.0. The van der Waals surface area contributed by atoms with Gasteiger partial charge in [-0.05, 0) is 73.5 Å². The van der Waals surface area contributed by atoms with Crippen molar-refractivity contribution in [2.45, 2.75) is 23.6 Å². The highest BCUT2D eigenvalue weighted by Crippen LogP contribution is 2.44. The molecule has 0 aliphatic carbocycles. The zero-order valence-electron chi connectivity index (χ0n) is 21.2. The lowest BCUT2D eigenvalue weighted by molar-refractivity contribution is -0.384. The van der Waals surface area contributed by atoms with Gasteiger partial charge >= 0.3 is 0 Å². The van der Waals surface area contributed by atoms with Crippen molar-refractivity contribution in [1.82, 2.24) is 4.68 Å². The summed E-state index contributed by atoms with van der Waals surface area (Å²) in [5.41, 5.74) is 7.56. The number of nitrogens with zero attached hydrogens (tertiary/aromatic N) is 4. The molecule has 1 aliphatic rings. The van der Waals surface area contributed by atoms with E-state index in [1.807, 2.05) is 60.3 Å². The minimum absolute atomic E-state index is 0.0471. The Morgan fingerprint density at radius 2 is 1.72 bits per heavy atom. The maximum atomic E-state index is 11.2. The summed E-state index contributed by atoms with van der Waals surface area (Å²) in [7, 11) is 0. The fourth-order valence-corrected chi connectivity index (χ4v) is 6.12. The van der Waals surface area contributed by atoms with Gasteiger partial charge in [0, 0.05) is 32.9 Å². The summed E-state index contributed by atoms with van der Waals surface area (Å²) in [6.45, 7) is 4.01. The highest BCUT2D eigenvalue weighted by atomic mass is 32.2. The number of non-ortho nitro benzene ring substituents is 1. The lowest BCUT2D eigenvalue weighted by Crippen LogP contribution is -2.14. The van der Waals surface area contributed by atoms with Gasteiger partial charge in [0.25, 0.3) is 5.69 Å². The zero-order valence-corrected chi connectivity index (χ0v) is 22.8. The SMILES string of the molecule is CC(=Nn1c(-c2ccc([N+](=O)[O-])cc2)csc1=Nc1cccc(C)c1)c1ccc2c(c1)Nc1ccccc1S2. The van der Waals surface area contributed by atoms with Crippen LogP contribution >= 0.6 is 23.1 Å². The topological polar surface area (TPSA) is 84.8 Å². The number of benzene rings is 4. The summed E-state index contributed by atoms with van der Waals surface area (Å²) in [6, 6.07) is 29.1. The Hall–Kier alpha value is -4.47. The number of rotatable bonds is 5. The standard InChI is InChI=1S/C30H23N5O2S2/c1-19-6-5-7-23(16-19)31-30-34(27(18-38-30)21-10-13-24(14-11-21)35(36)37)33-20(2)22-12-15-29-26(17-22)32-25-8-3-4-9-28(25)39-29/h3-18,32H,1-2H3. The molecule has 4 aromatic carbocycles. The van der Waals surface area contributed by atoms with Crippen LogP contribution in [0.25, 0.3) is 11.3 Å². The molecule has 1 aliphatic heterocycles. The number of aromatic nitrogens is 1. The van der Waals surface area contributed by atoms with E-state index in [-0.39, 0.29) is 5.69 Å². The lowest BCUT2D eigenvalue weighted by Gasteiger charge is -2.21. The summed E-state index contributed by atoms with van der Waals surface area (Å²) in [4.78, 5) is 18.7. The van der Waals surface area contributed by atoms with Gasteiger partial charge in [0.2, 0.25) is 4.80 Å². The van der Waals surface area contributed by atoms with E-state index in [0.29, 0.717) is 4.80 Å². The molecule has 0 fully saturated rings. The molecule has 2 heterocycles. The lowest BCUT2D eigenvalue weighted by atomic mass is 10.1. The second kappa shape index (κ2) is 10.4. The van der Waals surface area contributed by atoms with E-state index in [9.17, 15) is 10.1 Å². The Bertz CT molecular complexity index is 1820. The molecule has 0 unspecified atom stereocenters. The van der Waals surface area contributed by atoms with Crippen molar-refractivity contribution in [1.29, 1.82) is 0 Å². The van der Waals surface area contributed by atoms with Crippen LogP contribution in [0, 0.1) is 17.0 Å². The van der Waals surface area contributed by atoms with Gasteiger partial charge in [-0.2, -0.15) is 5.10 Å². The highest BCUT2D eigenvalue weighted by Gasteiger charge is 2.17. The van der Waals surface area contributed by atoms with E-state index >= 15 is 0 Å². The number of aryl methyl sites for hydroxylation is 1. The van der Waals surface area contributed by atoms with Gasteiger partial charge in [0.1, 0.15) is 0 Å². The minimum Gasteiger partial charge on any atom is -0.354 e. The van der Waals surface area contributed by atoms with Crippen molar-refractivity contribution >= 4 is 51.6 Å². The molecule has 1 aromatic heterocycles. The molecule has 0 amide bonds. The van der Waals surface area contributed by atoms with Crippen molar-refractivity contribution in [2.75, 3.05) is 5.32 Å². The fraction of sp³-hybridized carbons (Fsp3) is 0.0667. The molecule has 6 rings (SSSR count). The van der Waals surface area contributed by atoms with Crippen LogP contribution in [0.15, 0.2) is 116 Å². The Morgan fingerprint density at radius 3 is 2.51 bits per heavy atom. The molecular weight excluding hydrogens is 526 g/mol. The van der Waals surface area contributed by atoms with E-state index in [1.165, 1.54) is 28.4 Å². The molecular formula is C30H23N5O2S2. The van der Waals surface area contributed by atoms with Gasteiger partial charge in [-0.3, -0.25) is 10.1 Å². The number of nitro groups is 1. The minimum atomic E-state index is -0.396. The van der Waals surface area contributed by atoms with E-state index in [1.54, 1.807) is 23.9 Å². The number of anilines is 2. The first kappa shape index (κ1) is 24.8. The average Bonchev–Trinajstić information content (AvgIpc) is 3.33. The summed E-state index contributed by atoms with van der Waals surface area (Å²) in [5, 5.41) is 21.7.